The van der Waals surface area contributed by atoms with Crippen molar-refractivity contribution in [3.8, 4) is 0 Å². The van der Waals surface area contributed by atoms with Crippen molar-refractivity contribution in [2.24, 2.45) is 0 Å². The van der Waals surface area contributed by atoms with Gasteiger partial charge in [-0.25, -0.2) is 0 Å². The predicted molar refractivity (Wildman–Crippen MR) is 66.9 cm³/mol. The summed E-state index contributed by atoms with van der Waals surface area (Å²) >= 11 is 1.88. The standard InChI is InChI=1S/C12H16N2OS/c15-12-10(8-1-3-13-4-2-8)5-9-6-16-7-11(9)14-12/h5,8,13H,1-4,6-7H2,(H,14,15). The molecule has 0 spiro atoms. The highest BCUT2D eigenvalue weighted by Crippen LogP contribution is 2.30. The molecule has 0 saturated carbocycles. The first-order chi connectivity index (χ1) is 7.84. The number of pyridine rings is 1. The van der Waals surface area contributed by atoms with E-state index in [-0.39, 0.29) is 5.56 Å². The summed E-state index contributed by atoms with van der Waals surface area (Å²) in [5.41, 5.74) is 3.65. The first-order valence-corrected chi connectivity index (χ1v) is 7.03. The van der Waals surface area contributed by atoms with Crippen LogP contribution in [0.2, 0.25) is 0 Å². The third kappa shape index (κ3) is 1.80. The van der Waals surface area contributed by atoms with Crippen molar-refractivity contribution < 1.29 is 0 Å². The summed E-state index contributed by atoms with van der Waals surface area (Å²) < 4.78 is 0. The van der Waals surface area contributed by atoms with Gasteiger partial charge in [-0.2, -0.15) is 11.8 Å². The van der Waals surface area contributed by atoms with Crippen LogP contribution >= 0.6 is 11.8 Å². The summed E-state index contributed by atoms with van der Waals surface area (Å²) in [6.07, 6.45) is 2.18. The van der Waals surface area contributed by atoms with Crippen LogP contribution in [0.15, 0.2) is 10.9 Å². The number of thioether (sulfide) groups is 1. The molecular formula is C12H16N2OS. The molecule has 3 heterocycles. The van der Waals surface area contributed by atoms with Crippen LogP contribution in [0.5, 0.6) is 0 Å². The van der Waals surface area contributed by atoms with Gasteiger partial charge in [0.1, 0.15) is 0 Å². The molecule has 0 aromatic carbocycles. The summed E-state index contributed by atoms with van der Waals surface area (Å²) in [7, 11) is 0. The van der Waals surface area contributed by atoms with Crippen LogP contribution in [0.3, 0.4) is 0 Å². The van der Waals surface area contributed by atoms with Gasteiger partial charge in [-0.1, -0.05) is 0 Å². The van der Waals surface area contributed by atoms with E-state index in [9.17, 15) is 4.79 Å². The number of hydrogen-bond acceptors (Lipinski definition) is 3. The van der Waals surface area contributed by atoms with Crippen LogP contribution in [0.25, 0.3) is 0 Å². The minimum Gasteiger partial charge on any atom is -0.325 e. The Kier molecular flexibility index (Phi) is 2.77. The molecule has 2 aliphatic rings. The molecule has 16 heavy (non-hydrogen) atoms. The molecule has 1 fully saturated rings. The van der Waals surface area contributed by atoms with Gasteiger partial charge >= 0.3 is 0 Å². The molecule has 4 heteroatoms. The highest BCUT2D eigenvalue weighted by Gasteiger charge is 2.21. The number of piperidine rings is 1. The van der Waals surface area contributed by atoms with Crippen molar-refractivity contribution in [1.82, 2.24) is 10.3 Å². The number of nitrogens with one attached hydrogen (secondary N) is 2. The molecule has 0 aliphatic carbocycles. The van der Waals surface area contributed by atoms with Crippen LogP contribution < -0.4 is 10.9 Å². The Labute approximate surface area is 99.0 Å². The van der Waals surface area contributed by atoms with Crippen molar-refractivity contribution in [2.75, 3.05) is 13.1 Å². The maximum Gasteiger partial charge on any atom is 0.251 e. The van der Waals surface area contributed by atoms with E-state index in [0.717, 1.165) is 48.7 Å². The highest BCUT2D eigenvalue weighted by molar-refractivity contribution is 7.98. The molecule has 3 rings (SSSR count). The first-order valence-electron chi connectivity index (χ1n) is 5.88. The Morgan fingerprint density at radius 2 is 2.06 bits per heavy atom. The van der Waals surface area contributed by atoms with E-state index in [1.807, 2.05) is 11.8 Å². The van der Waals surface area contributed by atoms with Crippen LogP contribution in [0.4, 0.5) is 0 Å². The zero-order valence-electron chi connectivity index (χ0n) is 9.21. The molecule has 0 bridgehead atoms. The van der Waals surface area contributed by atoms with Crippen LogP contribution in [0.1, 0.15) is 35.6 Å². The maximum atomic E-state index is 12.0. The van der Waals surface area contributed by atoms with Gasteiger partial charge in [0.2, 0.25) is 0 Å². The lowest BCUT2D eigenvalue weighted by Crippen LogP contribution is -2.30. The van der Waals surface area contributed by atoms with E-state index in [0.29, 0.717) is 5.92 Å². The number of fused-ring (bicyclic) bond motifs is 1. The van der Waals surface area contributed by atoms with Gasteiger partial charge < -0.3 is 10.3 Å². The Hall–Kier alpha value is -0.740. The summed E-state index contributed by atoms with van der Waals surface area (Å²) in [4.78, 5) is 15.0. The van der Waals surface area contributed by atoms with E-state index in [2.05, 4.69) is 16.4 Å². The summed E-state index contributed by atoms with van der Waals surface area (Å²) in [6.45, 7) is 2.08. The van der Waals surface area contributed by atoms with Crippen molar-refractivity contribution in [2.45, 2.75) is 30.3 Å². The smallest absolute Gasteiger partial charge is 0.251 e. The molecule has 0 unspecified atom stereocenters. The molecule has 2 N–H and O–H groups in total. The maximum absolute atomic E-state index is 12.0. The fraction of sp³-hybridized carbons (Fsp3) is 0.583. The normalized spacial score (nSPS) is 21.0. The van der Waals surface area contributed by atoms with E-state index >= 15 is 0 Å². The molecule has 1 aromatic rings. The molecule has 0 amide bonds. The van der Waals surface area contributed by atoms with Crippen molar-refractivity contribution >= 4 is 11.8 Å². The number of aromatic nitrogens is 1. The molecule has 0 atom stereocenters. The van der Waals surface area contributed by atoms with Gasteiger partial charge in [-0.15, -0.1) is 0 Å². The fourth-order valence-electron chi connectivity index (χ4n) is 2.59. The largest absolute Gasteiger partial charge is 0.325 e. The van der Waals surface area contributed by atoms with Gasteiger partial charge in [0.15, 0.2) is 0 Å². The molecule has 0 radical (unpaired) electrons. The lowest BCUT2D eigenvalue weighted by atomic mass is 9.90. The average molecular weight is 236 g/mol. The molecule has 1 saturated heterocycles. The third-order valence-electron chi connectivity index (χ3n) is 3.53. The molecular weight excluding hydrogens is 220 g/mol. The average Bonchev–Trinajstić information content (AvgIpc) is 2.76. The topological polar surface area (TPSA) is 44.9 Å². The number of aromatic amines is 1. The second-order valence-electron chi connectivity index (χ2n) is 4.57. The van der Waals surface area contributed by atoms with E-state index in [1.165, 1.54) is 5.56 Å². The van der Waals surface area contributed by atoms with Crippen molar-refractivity contribution in [1.29, 1.82) is 0 Å². The van der Waals surface area contributed by atoms with E-state index in [1.54, 1.807) is 0 Å². The SMILES string of the molecule is O=c1[nH]c2c(cc1C1CCNCC1)CSC2. The minimum absolute atomic E-state index is 0.146. The fourth-order valence-corrected chi connectivity index (χ4v) is 3.63. The number of rotatable bonds is 1. The van der Waals surface area contributed by atoms with Gasteiger partial charge in [0, 0.05) is 22.8 Å². The Morgan fingerprint density at radius 1 is 1.25 bits per heavy atom. The number of hydrogen-bond donors (Lipinski definition) is 2. The zero-order chi connectivity index (χ0) is 11.0. The number of H-pyrrole nitrogens is 1. The lowest BCUT2D eigenvalue weighted by molar-refractivity contribution is 0.457. The quantitative estimate of drug-likeness (QED) is 0.778. The first kappa shape index (κ1) is 10.4. The predicted octanol–water partition coefficient (Wildman–Crippen LogP) is 1.59. The van der Waals surface area contributed by atoms with Crippen molar-refractivity contribution in [3.05, 3.63) is 33.2 Å². The summed E-state index contributed by atoms with van der Waals surface area (Å²) in [5.74, 6) is 2.49. The molecule has 3 nitrogen and oxygen atoms in total. The summed E-state index contributed by atoms with van der Waals surface area (Å²) in [6, 6.07) is 2.16. The van der Waals surface area contributed by atoms with Crippen LogP contribution in [-0.2, 0) is 11.5 Å². The van der Waals surface area contributed by atoms with Gasteiger partial charge in [-0.3, -0.25) is 4.79 Å². The second kappa shape index (κ2) is 4.26. The monoisotopic (exact) mass is 236 g/mol. The Balaban J connectivity index is 1.97. The van der Waals surface area contributed by atoms with Crippen LogP contribution in [-0.4, -0.2) is 18.1 Å². The second-order valence-corrected chi connectivity index (χ2v) is 5.56. The molecule has 1 aromatic heterocycles. The highest BCUT2D eigenvalue weighted by atomic mass is 32.2. The van der Waals surface area contributed by atoms with E-state index < -0.39 is 0 Å². The zero-order valence-corrected chi connectivity index (χ0v) is 10.0. The van der Waals surface area contributed by atoms with Gasteiger partial charge in [0.05, 0.1) is 0 Å². The third-order valence-corrected chi connectivity index (χ3v) is 4.53. The lowest BCUT2D eigenvalue weighted by Gasteiger charge is -2.22. The molecule has 2 aliphatic heterocycles. The Morgan fingerprint density at radius 3 is 2.88 bits per heavy atom. The summed E-state index contributed by atoms with van der Waals surface area (Å²) in [5, 5.41) is 3.34. The van der Waals surface area contributed by atoms with E-state index in [4.69, 9.17) is 0 Å². The van der Waals surface area contributed by atoms with Crippen molar-refractivity contribution in [3.63, 3.8) is 0 Å². The van der Waals surface area contributed by atoms with Gasteiger partial charge in [-0.05, 0) is 43.5 Å². The van der Waals surface area contributed by atoms with Crippen LogP contribution in [0, 0.1) is 0 Å². The Bertz CT molecular complexity index is 449. The van der Waals surface area contributed by atoms with Gasteiger partial charge in [0.25, 0.3) is 5.56 Å². The minimum atomic E-state index is 0.146. The molecule has 86 valence electrons.